The van der Waals surface area contributed by atoms with Gasteiger partial charge in [-0.05, 0) is 42.8 Å². The zero-order valence-corrected chi connectivity index (χ0v) is 22.9. The Morgan fingerprint density at radius 2 is 1.87 bits per heavy atom. The van der Waals surface area contributed by atoms with Crippen molar-refractivity contribution in [3.8, 4) is 11.5 Å². The van der Waals surface area contributed by atoms with Gasteiger partial charge in [-0.1, -0.05) is 30.0 Å². The Morgan fingerprint density at radius 1 is 1.13 bits per heavy atom. The third-order valence-corrected chi connectivity index (χ3v) is 8.02. The van der Waals surface area contributed by atoms with Crippen LogP contribution in [0.3, 0.4) is 0 Å². The van der Waals surface area contributed by atoms with E-state index in [9.17, 15) is 14.4 Å². The highest BCUT2D eigenvalue weighted by Gasteiger charge is 2.38. The summed E-state index contributed by atoms with van der Waals surface area (Å²) >= 11 is 1.45. The van der Waals surface area contributed by atoms with E-state index in [4.69, 9.17) is 13.9 Å². The smallest absolute Gasteiger partial charge is 0.425 e. The summed E-state index contributed by atoms with van der Waals surface area (Å²) < 4.78 is 17.8. The molecule has 1 saturated heterocycles. The van der Waals surface area contributed by atoms with Gasteiger partial charge in [0.25, 0.3) is 11.8 Å². The Balaban J connectivity index is 1.29. The third-order valence-electron chi connectivity index (χ3n) is 6.82. The van der Waals surface area contributed by atoms with E-state index in [1.807, 2.05) is 43.4 Å². The third kappa shape index (κ3) is 5.42. The van der Waals surface area contributed by atoms with Crippen molar-refractivity contribution in [2.45, 2.75) is 12.2 Å². The molecule has 3 heterocycles. The number of benzene rings is 1. The van der Waals surface area contributed by atoms with Crippen molar-refractivity contribution in [1.82, 2.24) is 9.80 Å². The molecule has 3 aliphatic rings. The van der Waals surface area contributed by atoms with E-state index >= 15 is 0 Å². The Morgan fingerprint density at radius 3 is 2.54 bits per heavy atom. The van der Waals surface area contributed by atoms with Gasteiger partial charge in [-0.2, -0.15) is 4.58 Å². The molecule has 5 rings (SSSR count). The molecule has 0 N–H and O–H groups in total. The summed E-state index contributed by atoms with van der Waals surface area (Å²) in [6, 6.07) is 8.90. The maximum absolute atomic E-state index is 13.3. The van der Waals surface area contributed by atoms with E-state index in [-0.39, 0.29) is 23.0 Å². The van der Waals surface area contributed by atoms with Gasteiger partial charge in [-0.15, -0.1) is 0 Å². The van der Waals surface area contributed by atoms with Gasteiger partial charge in [0.15, 0.2) is 17.3 Å². The van der Waals surface area contributed by atoms with Gasteiger partial charge in [0.1, 0.15) is 17.2 Å². The first-order valence-electron chi connectivity index (χ1n) is 12.8. The molecule has 1 aromatic carbocycles. The van der Waals surface area contributed by atoms with Crippen LogP contribution in [0.5, 0.6) is 11.5 Å². The van der Waals surface area contributed by atoms with Crippen LogP contribution < -0.4 is 9.47 Å². The fourth-order valence-corrected chi connectivity index (χ4v) is 5.94. The monoisotopic (exact) mass is 548 g/mol. The van der Waals surface area contributed by atoms with Gasteiger partial charge >= 0.3 is 5.91 Å². The molecule has 0 radical (unpaired) electrons. The van der Waals surface area contributed by atoms with Crippen molar-refractivity contribution in [3.63, 3.8) is 0 Å². The average molecular weight is 549 g/mol. The number of thioether (sulfide) groups is 1. The van der Waals surface area contributed by atoms with Crippen molar-refractivity contribution in [2.75, 3.05) is 46.9 Å². The Bertz CT molecular complexity index is 1410. The van der Waals surface area contributed by atoms with Crippen LogP contribution in [0.4, 0.5) is 0 Å². The lowest BCUT2D eigenvalue weighted by Gasteiger charge is -2.34. The molecule has 1 aliphatic carbocycles. The van der Waals surface area contributed by atoms with E-state index in [0.29, 0.717) is 60.5 Å². The largest absolute Gasteiger partial charge is 0.493 e. The topological polar surface area (TPSA) is 92.3 Å². The lowest BCUT2D eigenvalue weighted by atomic mass is 10.0. The number of ether oxygens (including phenoxy) is 2. The Kier molecular flexibility index (Phi) is 7.74. The summed E-state index contributed by atoms with van der Waals surface area (Å²) in [5, 5.41) is -0.0946. The zero-order valence-electron chi connectivity index (χ0n) is 22.1. The molecule has 10 heteroatoms. The number of likely N-dealkylation sites (N-methyl/N-ethyl adjacent to an activating group) is 1. The molecule has 1 fully saturated rings. The van der Waals surface area contributed by atoms with Gasteiger partial charge in [0, 0.05) is 37.8 Å². The molecule has 2 aromatic rings. The maximum atomic E-state index is 13.3. The molecule has 0 spiro atoms. The number of methoxy groups -OCH3 is 1. The SMILES string of the molecule is CCOc1ccc(/C=C2/SC3C=CC(C(=O)N4CCN(C(=O)c5ccco5)CC4)=CC3=[N+](C)C2=O)cc1OC. The first kappa shape index (κ1) is 26.6. The lowest BCUT2D eigenvalue weighted by Crippen LogP contribution is -2.51. The summed E-state index contributed by atoms with van der Waals surface area (Å²) in [6.45, 7) is 4.16. The highest BCUT2D eigenvalue weighted by atomic mass is 32.2. The van der Waals surface area contributed by atoms with Crippen LogP contribution in [0.15, 0.2) is 69.7 Å². The van der Waals surface area contributed by atoms with Crippen LogP contribution in [0.2, 0.25) is 0 Å². The minimum absolute atomic E-state index is 0.0946. The minimum Gasteiger partial charge on any atom is -0.493 e. The number of hydrogen-bond acceptors (Lipinski definition) is 7. The molecule has 9 nitrogen and oxygen atoms in total. The minimum atomic E-state index is -0.172. The van der Waals surface area contributed by atoms with Crippen molar-refractivity contribution in [2.24, 2.45) is 0 Å². The summed E-state index contributed by atoms with van der Waals surface area (Å²) in [4.78, 5) is 43.1. The van der Waals surface area contributed by atoms with Crippen molar-refractivity contribution >= 4 is 41.3 Å². The summed E-state index contributed by atoms with van der Waals surface area (Å²) in [7, 11) is 3.32. The summed E-state index contributed by atoms with van der Waals surface area (Å²) in [5.74, 6) is 1.14. The molecule has 0 bridgehead atoms. The maximum Gasteiger partial charge on any atom is 0.425 e. The van der Waals surface area contributed by atoms with Crippen LogP contribution in [0, 0.1) is 0 Å². The molecule has 3 amide bonds. The number of allylic oxidation sites excluding steroid dienone is 1. The number of carbonyl (C=O) groups is 3. The van der Waals surface area contributed by atoms with Crippen LogP contribution in [0.25, 0.3) is 6.08 Å². The normalized spacial score (nSPS) is 20.2. The predicted molar refractivity (Wildman–Crippen MR) is 148 cm³/mol. The van der Waals surface area contributed by atoms with Crippen molar-refractivity contribution in [3.05, 3.63) is 76.6 Å². The second-order valence-electron chi connectivity index (χ2n) is 9.20. The quantitative estimate of drug-likeness (QED) is 0.404. The van der Waals surface area contributed by atoms with Gasteiger partial charge in [-0.3, -0.25) is 9.59 Å². The van der Waals surface area contributed by atoms with Gasteiger partial charge in [-0.25, -0.2) is 4.79 Å². The molecule has 1 unspecified atom stereocenters. The van der Waals surface area contributed by atoms with E-state index < -0.39 is 0 Å². The van der Waals surface area contributed by atoms with Crippen LogP contribution in [0.1, 0.15) is 23.0 Å². The first-order chi connectivity index (χ1) is 18.9. The zero-order chi connectivity index (χ0) is 27.5. The second kappa shape index (κ2) is 11.4. The highest BCUT2D eigenvalue weighted by molar-refractivity contribution is 8.05. The number of furan rings is 1. The predicted octanol–water partition coefficient (Wildman–Crippen LogP) is 3.23. The van der Waals surface area contributed by atoms with Crippen LogP contribution in [-0.4, -0.2) is 90.0 Å². The van der Waals surface area contributed by atoms with Gasteiger partial charge in [0.05, 0.1) is 20.0 Å². The van der Waals surface area contributed by atoms with Gasteiger partial charge in [0.2, 0.25) is 5.71 Å². The standard InChI is InChI=1S/C29H30N3O6S/c1-4-37-22-9-7-19(16-24(22)36-3)17-26-29(35)30(2)21-18-20(8-10-25(21)39-26)27(33)31-11-13-32(14-12-31)28(34)23-6-5-15-38-23/h5-10,15-18,25H,4,11-14H2,1-3H3/q+1/b26-17+. The number of rotatable bonds is 6. The van der Waals surface area contributed by atoms with E-state index in [0.717, 1.165) is 11.3 Å². The molecular formula is C29H30N3O6S+. The molecule has 1 aromatic heterocycles. The fourth-order valence-electron chi connectivity index (χ4n) is 4.72. The highest BCUT2D eigenvalue weighted by Crippen LogP contribution is 2.35. The molecule has 2 aliphatic heterocycles. The number of hydrogen-bond donors (Lipinski definition) is 0. The molecular weight excluding hydrogens is 518 g/mol. The Hall–Kier alpha value is -4.05. The number of nitrogens with zero attached hydrogens (tertiary/aromatic N) is 3. The molecule has 0 saturated carbocycles. The first-order valence-corrected chi connectivity index (χ1v) is 13.6. The Labute approximate surface area is 231 Å². The number of carbonyl (C=O) groups excluding carboxylic acids is 3. The van der Waals surface area contributed by atoms with Crippen LogP contribution in [-0.2, 0) is 9.59 Å². The van der Waals surface area contributed by atoms with E-state index in [1.54, 1.807) is 46.7 Å². The average Bonchev–Trinajstić information content (AvgIpc) is 3.51. The molecule has 1 atom stereocenters. The molecule has 202 valence electrons. The lowest BCUT2D eigenvalue weighted by molar-refractivity contribution is -0.413. The fraction of sp³-hybridized carbons (Fsp3) is 0.310. The van der Waals surface area contributed by atoms with E-state index in [2.05, 4.69) is 0 Å². The van der Waals surface area contributed by atoms with Crippen molar-refractivity contribution in [1.29, 1.82) is 0 Å². The second-order valence-corrected chi connectivity index (χ2v) is 10.4. The summed E-state index contributed by atoms with van der Waals surface area (Å²) in [5.41, 5.74) is 2.12. The number of fused-ring (bicyclic) bond motifs is 1. The number of piperazine rings is 1. The van der Waals surface area contributed by atoms with Crippen molar-refractivity contribution < 1.29 is 32.9 Å². The van der Waals surface area contributed by atoms with Crippen LogP contribution >= 0.6 is 11.8 Å². The van der Waals surface area contributed by atoms with Gasteiger partial charge < -0.3 is 23.7 Å². The number of amides is 3. The summed E-state index contributed by atoms with van der Waals surface area (Å²) in [6.07, 6.45) is 8.90. The van der Waals surface area contributed by atoms with E-state index in [1.165, 1.54) is 18.0 Å². The molecule has 39 heavy (non-hydrogen) atoms.